The number of hydrogen-bond acceptors (Lipinski definition) is 4. The number of nitrogens with one attached hydrogen (secondary N) is 1. The van der Waals surface area contributed by atoms with Gasteiger partial charge in [-0.15, -0.1) is 0 Å². The van der Waals surface area contributed by atoms with Crippen molar-refractivity contribution in [2.45, 2.75) is 20.3 Å². The van der Waals surface area contributed by atoms with E-state index >= 15 is 0 Å². The Balaban J connectivity index is 2.10. The zero-order valence-electron chi connectivity index (χ0n) is 15.6. The molecule has 144 valence electrons. The molecule has 0 aliphatic heterocycles. The quantitative estimate of drug-likeness (QED) is 0.676. The summed E-state index contributed by atoms with van der Waals surface area (Å²) in [5.74, 6) is -3.61. The van der Waals surface area contributed by atoms with Crippen molar-refractivity contribution in [3.05, 3.63) is 70.4 Å². The molecule has 3 aromatic rings. The first kappa shape index (κ1) is 19.4. The number of esters is 1. The molecule has 2 aromatic carbocycles. The van der Waals surface area contributed by atoms with Gasteiger partial charge in [0.1, 0.15) is 11.6 Å². The van der Waals surface area contributed by atoms with E-state index < -0.39 is 29.1 Å². The van der Waals surface area contributed by atoms with Crippen LogP contribution in [0.2, 0.25) is 0 Å². The van der Waals surface area contributed by atoms with E-state index in [0.717, 1.165) is 18.9 Å². The Morgan fingerprint density at radius 2 is 1.86 bits per heavy atom. The molecular formula is C21H18F2N2O3. The average Bonchev–Trinajstić information content (AvgIpc) is 2.68. The maximum atomic E-state index is 14.2. The number of aryl methyl sites for hydroxylation is 1. The van der Waals surface area contributed by atoms with Crippen LogP contribution in [0.5, 0.6) is 0 Å². The predicted octanol–water partition coefficient (Wildman–Crippen LogP) is 4.42. The number of ether oxygens (including phenoxy) is 1. The first-order chi connectivity index (χ1) is 13.4. The fourth-order valence-corrected chi connectivity index (χ4v) is 3.09. The molecule has 1 aromatic heterocycles. The molecule has 3 rings (SSSR count). The zero-order valence-corrected chi connectivity index (χ0v) is 15.6. The van der Waals surface area contributed by atoms with Crippen molar-refractivity contribution < 1.29 is 23.1 Å². The second kappa shape index (κ2) is 7.72. The Morgan fingerprint density at radius 3 is 2.54 bits per heavy atom. The van der Waals surface area contributed by atoms with Gasteiger partial charge in [-0.05, 0) is 31.0 Å². The normalized spacial score (nSPS) is 10.8. The van der Waals surface area contributed by atoms with Crippen molar-refractivity contribution >= 4 is 28.5 Å². The lowest BCUT2D eigenvalue weighted by molar-refractivity contribution is 0.0595. The second-order valence-electron chi connectivity index (χ2n) is 6.19. The van der Waals surface area contributed by atoms with Crippen LogP contribution in [-0.2, 0) is 11.2 Å². The van der Waals surface area contributed by atoms with E-state index in [9.17, 15) is 18.4 Å². The summed E-state index contributed by atoms with van der Waals surface area (Å²) in [4.78, 5) is 29.2. The van der Waals surface area contributed by atoms with Crippen LogP contribution in [0.3, 0.4) is 0 Å². The number of pyridine rings is 1. The van der Waals surface area contributed by atoms with Gasteiger partial charge in [-0.2, -0.15) is 0 Å². The number of carbonyl (C=O) groups excluding carboxylic acids is 2. The molecule has 5 nitrogen and oxygen atoms in total. The van der Waals surface area contributed by atoms with Crippen molar-refractivity contribution in [1.29, 1.82) is 0 Å². The Bertz CT molecular complexity index is 1100. The van der Waals surface area contributed by atoms with Crippen LogP contribution in [0.15, 0.2) is 36.4 Å². The topological polar surface area (TPSA) is 68.3 Å². The fourth-order valence-electron chi connectivity index (χ4n) is 3.09. The third-order valence-corrected chi connectivity index (χ3v) is 4.51. The maximum Gasteiger partial charge on any atom is 0.340 e. The number of hydrogen-bond donors (Lipinski definition) is 1. The third kappa shape index (κ3) is 3.43. The van der Waals surface area contributed by atoms with Gasteiger partial charge in [0.05, 0.1) is 29.4 Å². The highest BCUT2D eigenvalue weighted by Gasteiger charge is 2.21. The number of rotatable bonds is 4. The van der Waals surface area contributed by atoms with Gasteiger partial charge in [-0.25, -0.2) is 13.6 Å². The number of carbonyl (C=O) groups is 2. The Morgan fingerprint density at radius 1 is 1.14 bits per heavy atom. The van der Waals surface area contributed by atoms with Gasteiger partial charge in [0.25, 0.3) is 5.91 Å². The molecule has 28 heavy (non-hydrogen) atoms. The van der Waals surface area contributed by atoms with Crippen LogP contribution in [-0.4, -0.2) is 24.0 Å². The zero-order chi connectivity index (χ0) is 20.4. The maximum absolute atomic E-state index is 14.2. The lowest BCUT2D eigenvalue weighted by Crippen LogP contribution is -2.17. The third-order valence-electron chi connectivity index (χ3n) is 4.51. The van der Waals surface area contributed by atoms with Crippen molar-refractivity contribution in [3.63, 3.8) is 0 Å². The smallest absolute Gasteiger partial charge is 0.340 e. The number of para-hydroxylation sites is 1. The summed E-state index contributed by atoms with van der Waals surface area (Å²) in [7, 11) is 1.09. The molecule has 0 spiro atoms. The highest BCUT2D eigenvalue weighted by Crippen LogP contribution is 2.26. The van der Waals surface area contributed by atoms with Gasteiger partial charge in [0.2, 0.25) is 0 Å². The molecule has 0 saturated heterocycles. The van der Waals surface area contributed by atoms with Crippen molar-refractivity contribution in [2.24, 2.45) is 0 Å². The van der Waals surface area contributed by atoms with Crippen LogP contribution < -0.4 is 5.32 Å². The standard InChI is InChI=1S/C21H18F2N2O3/c1-4-16-11(2)19(12-7-5-6-8-17(12)24-16)20(26)25-18-9-13(21(27)28-3)14(22)10-15(18)23/h5-10H,4H2,1-3H3,(H,25,26). The van der Waals surface area contributed by atoms with Crippen molar-refractivity contribution in [3.8, 4) is 0 Å². The number of nitrogens with zero attached hydrogens (tertiary/aromatic N) is 1. The fraction of sp³-hybridized carbons (Fsp3) is 0.190. The average molecular weight is 384 g/mol. The van der Waals surface area contributed by atoms with Gasteiger partial charge in [-0.3, -0.25) is 9.78 Å². The first-order valence-electron chi connectivity index (χ1n) is 8.64. The summed E-state index contributed by atoms with van der Waals surface area (Å²) < 4.78 is 32.5. The predicted molar refractivity (Wildman–Crippen MR) is 102 cm³/mol. The minimum Gasteiger partial charge on any atom is -0.465 e. The van der Waals surface area contributed by atoms with Crippen LogP contribution in [0.4, 0.5) is 14.5 Å². The van der Waals surface area contributed by atoms with E-state index in [2.05, 4.69) is 15.0 Å². The molecule has 0 aliphatic rings. The molecule has 1 amide bonds. The molecule has 1 heterocycles. The number of fused-ring (bicyclic) bond motifs is 1. The first-order valence-corrected chi connectivity index (χ1v) is 8.64. The Labute approximate surface area is 160 Å². The SMILES string of the molecule is CCc1nc2ccccc2c(C(=O)Nc2cc(C(=O)OC)c(F)cc2F)c1C. The minimum atomic E-state index is -1.07. The molecule has 0 atom stereocenters. The van der Waals surface area contributed by atoms with Crippen LogP contribution in [0.1, 0.15) is 38.9 Å². The molecule has 0 unspecified atom stereocenters. The van der Waals surface area contributed by atoms with E-state index in [0.29, 0.717) is 34.5 Å². The summed E-state index contributed by atoms with van der Waals surface area (Å²) in [6.07, 6.45) is 0.619. The monoisotopic (exact) mass is 384 g/mol. The van der Waals surface area contributed by atoms with Crippen LogP contribution >= 0.6 is 0 Å². The summed E-state index contributed by atoms with van der Waals surface area (Å²) in [6, 6.07) is 8.60. The van der Waals surface area contributed by atoms with Gasteiger partial charge in [0, 0.05) is 17.1 Å². The number of halogens is 2. The van der Waals surface area contributed by atoms with Crippen LogP contribution in [0, 0.1) is 18.6 Å². The highest BCUT2D eigenvalue weighted by atomic mass is 19.1. The van der Waals surface area contributed by atoms with E-state index in [4.69, 9.17) is 0 Å². The van der Waals surface area contributed by atoms with Crippen molar-refractivity contribution in [1.82, 2.24) is 4.98 Å². The molecule has 7 heteroatoms. The summed E-state index contributed by atoms with van der Waals surface area (Å²) in [5.41, 5.74) is 1.64. The lowest BCUT2D eigenvalue weighted by atomic mass is 9.99. The number of anilines is 1. The summed E-state index contributed by atoms with van der Waals surface area (Å²) in [6.45, 7) is 3.70. The number of methoxy groups -OCH3 is 1. The molecule has 0 bridgehead atoms. The molecule has 0 saturated carbocycles. The van der Waals surface area contributed by atoms with Gasteiger partial charge < -0.3 is 10.1 Å². The van der Waals surface area contributed by atoms with Gasteiger partial charge in [-0.1, -0.05) is 25.1 Å². The second-order valence-corrected chi connectivity index (χ2v) is 6.19. The van der Waals surface area contributed by atoms with Gasteiger partial charge in [0.15, 0.2) is 0 Å². The highest BCUT2D eigenvalue weighted by molar-refractivity contribution is 6.13. The minimum absolute atomic E-state index is 0.315. The van der Waals surface area contributed by atoms with E-state index in [1.165, 1.54) is 0 Å². The molecule has 0 radical (unpaired) electrons. The number of benzene rings is 2. The largest absolute Gasteiger partial charge is 0.465 e. The number of aromatic nitrogens is 1. The summed E-state index contributed by atoms with van der Waals surface area (Å²) >= 11 is 0. The van der Waals surface area contributed by atoms with Gasteiger partial charge >= 0.3 is 5.97 Å². The molecular weight excluding hydrogens is 366 g/mol. The Kier molecular flexibility index (Phi) is 5.35. The molecule has 0 fully saturated rings. The molecule has 0 aliphatic carbocycles. The Hall–Kier alpha value is -3.35. The van der Waals surface area contributed by atoms with E-state index in [1.807, 2.05) is 13.0 Å². The lowest BCUT2D eigenvalue weighted by Gasteiger charge is -2.14. The summed E-state index contributed by atoms with van der Waals surface area (Å²) in [5, 5.41) is 3.06. The van der Waals surface area contributed by atoms with E-state index in [-0.39, 0.29) is 5.69 Å². The number of amides is 1. The molecule has 1 N–H and O–H groups in total. The van der Waals surface area contributed by atoms with E-state index in [1.54, 1.807) is 25.1 Å². The van der Waals surface area contributed by atoms with Crippen LogP contribution in [0.25, 0.3) is 10.9 Å². The van der Waals surface area contributed by atoms with Crippen molar-refractivity contribution in [2.75, 3.05) is 12.4 Å².